The summed E-state index contributed by atoms with van der Waals surface area (Å²) < 4.78 is 32.1. The summed E-state index contributed by atoms with van der Waals surface area (Å²) in [6, 6.07) is 24.9. The number of sulfonamides is 1. The lowest BCUT2D eigenvalue weighted by atomic mass is 9.87. The topological polar surface area (TPSA) is 101 Å². The van der Waals surface area contributed by atoms with Gasteiger partial charge in [-0.2, -0.15) is 0 Å². The van der Waals surface area contributed by atoms with Gasteiger partial charge in [-0.1, -0.05) is 77.8 Å². The average molecular weight is 640 g/mol. The van der Waals surface area contributed by atoms with Crippen molar-refractivity contribution in [3.8, 4) is 0 Å². The van der Waals surface area contributed by atoms with Gasteiger partial charge in [-0.15, -0.1) is 4.40 Å². The Hall–Kier alpha value is -3.40. The SMILES string of the molecule is CN(C)C(=N)N/C1=N\S(=O)(=O)C2(c3ccc(Cl)cc3)CCC/N=C(/c3ccc(Cl)cc3)C(c3ccccc3)CN1CCC2. The first kappa shape index (κ1) is 31.0. The number of fused-ring (bicyclic) bond motifs is 8. The van der Waals surface area contributed by atoms with Gasteiger partial charge >= 0.3 is 0 Å². The molecule has 3 aromatic carbocycles. The van der Waals surface area contributed by atoms with Gasteiger partial charge in [0.2, 0.25) is 5.96 Å². The Labute approximate surface area is 264 Å². The molecule has 0 aromatic heterocycles. The zero-order valence-corrected chi connectivity index (χ0v) is 26.6. The summed E-state index contributed by atoms with van der Waals surface area (Å²) in [6.07, 6.45) is 1.88. The number of rotatable bonds is 3. The standard InChI is InChI=1S/C32H36Cl2N6O2S/c1-39(2)30(35)37-31-38-43(41,42)32(25-12-16-27(34)17-13-25)18-6-20-36-29(24-10-14-26(33)15-11-24)28(22-40(31)21-7-19-32)23-8-4-3-5-9-23/h3-5,8-17,28H,6-7,18-22H2,1-2H3,(H2,35,37,38)/b36-29-. The van der Waals surface area contributed by atoms with Gasteiger partial charge in [-0.25, -0.2) is 8.42 Å². The average Bonchev–Trinajstić information content (AvgIpc) is 2.98. The minimum atomic E-state index is -4.12. The molecular formula is C32H36Cl2N6O2S. The smallest absolute Gasteiger partial charge is 0.266 e. The fraction of sp³-hybridized carbons (Fsp3) is 0.344. The summed E-state index contributed by atoms with van der Waals surface area (Å²) in [5.41, 5.74) is 3.57. The maximum atomic E-state index is 14.4. The second-order valence-electron chi connectivity index (χ2n) is 11.1. The van der Waals surface area contributed by atoms with E-state index in [0.29, 0.717) is 60.9 Å². The molecule has 43 heavy (non-hydrogen) atoms. The van der Waals surface area contributed by atoms with Crippen LogP contribution in [0.5, 0.6) is 0 Å². The van der Waals surface area contributed by atoms with Crippen molar-refractivity contribution in [1.29, 1.82) is 5.41 Å². The van der Waals surface area contributed by atoms with E-state index in [-0.39, 0.29) is 17.8 Å². The van der Waals surface area contributed by atoms with Crippen LogP contribution >= 0.6 is 23.2 Å². The maximum absolute atomic E-state index is 14.4. The van der Waals surface area contributed by atoms with Crippen molar-refractivity contribution >= 4 is 50.9 Å². The Morgan fingerprint density at radius 2 is 1.58 bits per heavy atom. The molecule has 3 aromatic rings. The molecule has 226 valence electrons. The van der Waals surface area contributed by atoms with E-state index < -0.39 is 14.8 Å². The highest BCUT2D eigenvalue weighted by molar-refractivity contribution is 7.91. The highest BCUT2D eigenvalue weighted by Gasteiger charge is 2.47. The predicted molar refractivity (Wildman–Crippen MR) is 176 cm³/mol. The molecule has 0 fully saturated rings. The van der Waals surface area contributed by atoms with E-state index in [9.17, 15) is 8.42 Å². The highest BCUT2D eigenvalue weighted by Crippen LogP contribution is 2.43. The third kappa shape index (κ3) is 6.74. The van der Waals surface area contributed by atoms with Gasteiger partial charge in [0.1, 0.15) is 4.75 Å². The van der Waals surface area contributed by atoms with Crippen LogP contribution in [0.4, 0.5) is 0 Å². The van der Waals surface area contributed by atoms with Gasteiger partial charge < -0.3 is 9.80 Å². The van der Waals surface area contributed by atoms with Crippen LogP contribution in [-0.2, 0) is 14.8 Å². The molecule has 2 atom stereocenters. The molecule has 0 amide bonds. The van der Waals surface area contributed by atoms with Crippen molar-refractivity contribution < 1.29 is 8.42 Å². The number of hydrogen-bond donors (Lipinski definition) is 2. The fourth-order valence-electron chi connectivity index (χ4n) is 5.83. The highest BCUT2D eigenvalue weighted by atomic mass is 35.5. The third-order valence-corrected chi connectivity index (χ3v) is 10.7. The van der Waals surface area contributed by atoms with E-state index in [1.807, 2.05) is 47.4 Å². The van der Waals surface area contributed by atoms with Crippen molar-refractivity contribution in [3.63, 3.8) is 0 Å². The fourth-order valence-corrected chi connectivity index (χ4v) is 7.89. The van der Waals surface area contributed by atoms with E-state index in [0.717, 1.165) is 16.8 Å². The third-order valence-electron chi connectivity index (χ3n) is 8.15. The summed E-state index contributed by atoms with van der Waals surface area (Å²) in [5.74, 6) is -0.0363. The molecule has 3 aliphatic heterocycles. The number of benzene rings is 3. The van der Waals surface area contributed by atoms with Gasteiger partial charge in [0.25, 0.3) is 10.0 Å². The Kier molecular flexibility index (Phi) is 9.44. The molecule has 0 radical (unpaired) electrons. The van der Waals surface area contributed by atoms with Crippen LogP contribution in [0.15, 0.2) is 88.3 Å². The van der Waals surface area contributed by atoms with Crippen molar-refractivity contribution in [1.82, 2.24) is 15.1 Å². The molecule has 0 aliphatic carbocycles. The molecule has 2 N–H and O–H groups in total. The quantitative estimate of drug-likeness (QED) is 0.266. The normalized spacial score (nSPS) is 24.7. The lowest BCUT2D eigenvalue weighted by Crippen LogP contribution is -2.52. The minimum absolute atomic E-state index is 0.0339. The molecule has 0 spiro atoms. The largest absolute Gasteiger partial charge is 0.349 e. The summed E-state index contributed by atoms with van der Waals surface area (Å²) >= 11 is 12.5. The second-order valence-corrected chi connectivity index (χ2v) is 13.9. The number of nitrogens with one attached hydrogen (secondary N) is 2. The van der Waals surface area contributed by atoms with Crippen molar-refractivity contribution in [2.24, 2.45) is 9.39 Å². The van der Waals surface area contributed by atoms with Crippen molar-refractivity contribution in [2.45, 2.75) is 36.3 Å². The zero-order chi connectivity index (χ0) is 30.6. The summed E-state index contributed by atoms with van der Waals surface area (Å²) in [5, 5.41) is 12.8. The zero-order valence-electron chi connectivity index (χ0n) is 24.3. The monoisotopic (exact) mass is 638 g/mol. The Balaban J connectivity index is 1.71. The van der Waals surface area contributed by atoms with Gasteiger partial charge in [0.05, 0.1) is 5.71 Å². The molecule has 11 heteroatoms. The summed E-state index contributed by atoms with van der Waals surface area (Å²) in [6.45, 7) is 1.39. The van der Waals surface area contributed by atoms with Crippen LogP contribution < -0.4 is 5.32 Å². The van der Waals surface area contributed by atoms with Gasteiger partial charge in [0, 0.05) is 49.7 Å². The van der Waals surface area contributed by atoms with Crippen LogP contribution in [-0.4, -0.2) is 69.6 Å². The first-order valence-electron chi connectivity index (χ1n) is 14.3. The van der Waals surface area contributed by atoms with Gasteiger partial charge in [-0.05, 0) is 66.6 Å². The van der Waals surface area contributed by atoms with Crippen LogP contribution in [0.1, 0.15) is 48.3 Å². The van der Waals surface area contributed by atoms with E-state index >= 15 is 0 Å². The number of aliphatic imine (C=N–C) groups is 1. The lowest BCUT2D eigenvalue weighted by molar-refractivity contribution is 0.353. The van der Waals surface area contributed by atoms with Crippen molar-refractivity contribution in [3.05, 3.63) is 106 Å². The first-order chi connectivity index (χ1) is 20.6. The van der Waals surface area contributed by atoms with Crippen molar-refractivity contribution in [2.75, 3.05) is 33.7 Å². The number of nitrogens with zero attached hydrogens (tertiary/aromatic N) is 4. The van der Waals surface area contributed by atoms with E-state index in [2.05, 4.69) is 21.8 Å². The van der Waals surface area contributed by atoms with Crippen LogP contribution in [0, 0.1) is 5.41 Å². The molecule has 2 unspecified atom stereocenters. The number of guanidine groups is 2. The Morgan fingerprint density at radius 3 is 2.23 bits per heavy atom. The molecule has 8 nitrogen and oxygen atoms in total. The Morgan fingerprint density at radius 1 is 0.953 bits per heavy atom. The first-order valence-corrected chi connectivity index (χ1v) is 16.5. The molecule has 3 heterocycles. The van der Waals surface area contributed by atoms with Gasteiger partial charge in [0.15, 0.2) is 5.96 Å². The van der Waals surface area contributed by atoms with Gasteiger partial charge in [-0.3, -0.25) is 15.7 Å². The van der Waals surface area contributed by atoms with Crippen LogP contribution in [0.2, 0.25) is 10.0 Å². The summed E-state index contributed by atoms with van der Waals surface area (Å²) in [4.78, 5) is 8.69. The van der Waals surface area contributed by atoms with E-state index in [1.54, 1.807) is 43.3 Å². The molecular weight excluding hydrogens is 603 g/mol. The van der Waals surface area contributed by atoms with Crippen LogP contribution in [0.3, 0.4) is 0 Å². The predicted octanol–water partition coefficient (Wildman–Crippen LogP) is 6.12. The number of halogens is 2. The van der Waals surface area contributed by atoms with E-state index in [1.165, 1.54) is 0 Å². The maximum Gasteiger partial charge on any atom is 0.266 e. The molecule has 0 saturated heterocycles. The number of hydrogen-bond acceptors (Lipinski definition) is 5. The molecule has 6 rings (SSSR count). The molecule has 2 bridgehead atoms. The lowest BCUT2D eigenvalue weighted by Gasteiger charge is -2.39. The minimum Gasteiger partial charge on any atom is -0.349 e. The molecule has 0 saturated carbocycles. The molecule has 3 aliphatic rings. The summed E-state index contributed by atoms with van der Waals surface area (Å²) in [7, 11) is -0.664. The Bertz CT molecular complexity index is 1610. The van der Waals surface area contributed by atoms with E-state index in [4.69, 9.17) is 33.6 Å². The second kappa shape index (κ2) is 13.1. The van der Waals surface area contributed by atoms with Crippen LogP contribution in [0.25, 0.3) is 0 Å².